The van der Waals surface area contributed by atoms with Crippen LogP contribution in [0.2, 0.25) is 0 Å². The van der Waals surface area contributed by atoms with E-state index in [1.54, 1.807) is 0 Å². The van der Waals surface area contributed by atoms with Gasteiger partial charge in [0.05, 0.1) is 0 Å². The Labute approximate surface area is 62.3 Å². The van der Waals surface area contributed by atoms with Crippen LogP contribution in [-0.4, -0.2) is 11.9 Å². The van der Waals surface area contributed by atoms with Gasteiger partial charge in [-0.3, -0.25) is 9.59 Å². The molecule has 0 saturated carbocycles. The number of ether oxygens (including phenoxy) is 1. The summed E-state index contributed by atoms with van der Waals surface area (Å²) in [5, 5.41) is 0. The smallest absolute Gasteiger partial charge is 0.310 e. The summed E-state index contributed by atoms with van der Waals surface area (Å²) in [5.41, 5.74) is 0. The number of carbonyl (C=O) groups is 2. The van der Waals surface area contributed by atoms with Crippen LogP contribution in [0.4, 0.5) is 0 Å². The average molecular weight is 150 g/mol. The van der Waals surface area contributed by atoms with Crippen LogP contribution in [0, 0.1) is 0 Å². The van der Waals surface area contributed by atoms with Crippen LogP contribution < -0.4 is 0 Å². The Morgan fingerprint density at radius 3 is 1.38 bits per heavy atom. The maximum absolute atomic E-state index is 9.81. The zero-order valence-corrected chi connectivity index (χ0v) is 6.29. The van der Waals surface area contributed by atoms with Crippen molar-refractivity contribution < 1.29 is 36.0 Å². The van der Waals surface area contributed by atoms with Crippen molar-refractivity contribution in [3.63, 3.8) is 0 Å². The third kappa shape index (κ3) is 9.29. The fourth-order valence-corrected chi connectivity index (χ4v) is 0.202. The number of carbonyl (C=O) groups excluding carboxylic acids is 2. The molecule has 0 aliphatic carbocycles. The molecule has 0 unspecified atom stereocenters. The summed E-state index contributed by atoms with van der Waals surface area (Å²) in [6, 6.07) is 0. The van der Waals surface area contributed by atoms with Crippen molar-refractivity contribution in [1.82, 2.24) is 0 Å². The Morgan fingerprint density at radius 1 is 1.12 bits per heavy atom. The first kappa shape index (κ1) is 10.8. The summed E-state index contributed by atoms with van der Waals surface area (Å²) < 4.78 is 3.97. The molecule has 0 fully saturated rings. The van der Waals surface area contributed by atoms with Gasteiger partial charge in [0.2, 0.25) is 0 Å². The van der Waals surface area contributed by atoms with Crippen molar-refractivity contribution in [2.24, 2.45) is 0 Å². The van der Waals surface area contributed by atoms with E-state index in [2.05, 4.69) is 4.74 Å². The molecule has 0 rings (SSSR count). The molecule has 0 bridgehead atoms. The van der Waals surface area contributed by atoms with Crippen LogP contribution >= 0.6 is 0 Å². The fourth-order valence-electron chi connectivity index (χ4n) is 0.202. The average Bonchev–Trinajstić information content (AvgIpc) is 1.27. The molecule has 0 heterocycles. The van der Waals surface area contributed by atoms with Crippen molar-refractivity contribution in [3.05, 3.63) is 0 Å². The Kier molecular flexibility index (Phi) is 6.73. The number of esters is 2. The van der Waals surface area contributed by atoms with Gasteiger partial charge >= 0.3 is 11.9 Å². The topological polar surface area (TPSA) is 43.4 Å². The summed E-state index contributed by atoms with van der Waals surface area (Å²) in [6.45, 7) is 2.36. The van der Waals surface area contributed by atoms with Crippen molar-refractivity contribution >= 4 is 11.9 Å². The van der Waals surface area contributed by atoms with Crippen LogP contribution in [0.1, 0.15) is 13.8 Å². The molecule has 0 aromatic heterocycles. The predicted molar refractivity (Wildman–Crippen MR) is 22.4 cm³/mol. The van der Waals surface area contributed by atoms with E-state index < -0.39 is 11.9 Å². The molecule has 3 nitrogen and oxygen atoms in total. The minimum atomic E-state index is -0.562. The molecule has 0 radical (unpaired) electrons. The predicted octanol–water partition coefficient (Wildman–Crippen LogP) is 0.0935. The maximum atomic E-state index is 9.81. The monoisotopic (exact) mass is 150 g/mol. The Hall–Kier alpha value is -0.146. The minimum Gasteiger partial charge on any atom is -0.394 e. The second-order valence-corrected chi connectivity index (χ2v) is 1.09. The molecule has 0 aromatic carbocycles. The zero-order chi connectivity index (χ0) is 5.86. The van der Waals surface area contributed by atoms with E-state index in [9.17, 15) is 9.59 Å². The largest absolute Gasteiger partial charge is 0.394 e. The van der Waals surface area contributed by atoms with Crippen LogP contribution in [0.5, 0.6) is 0 Å². The van der Waals surface area contributed by atoms with Gasteiger partial charge in [-0.25, -0.2) is 0 Å². The molecule has 8 heavy (non-hydrogen) atoms. The van der Waals surface area contributed by atoms with Gasteiger partial charge in [-0.15, -0.1) is 0 Å². The van der Waals surface area contributed by atoms with Crippen molar-refractivity contribution in [2.45, 2.75) is 13.8 Å². The van der Waals surface area contributed by atoms with E-state index in [1.165, 1.54) is 13.8 Å². The van der Waals surface area contributed by atoms with Crippen molar-refractivity contribution in [3.8, 4) is 0 Å². The Morgan fingerprint density at radius 2 is 1.38 bits per heavy atom. The van der Waals surface area contributed by atoms with E-state index in [1.807, 2.05) is 0 Å². The van der Waals surface area contributed by atoms with Gasteiger partial charge in [-0.2, -0.15) is 0 Å². The second-order valence-electron chi connectivity index (χ2n) is 1.09. The molecule has 44 valence electrons. The number of rotatable bonds is 0. The normalized spacial score (nSPS) is 6.75. The van der Waals surface area contributed by atoms with Gasteiger partial charge < -0.3 is 4.74 Å². The van der Waals surface area contributed by atoms with Gasteiger partial charge in [-0.05, 0) is 0 Å². The summed E-state index contributed by atoms with van der Waals surface area (Å²) >= 11 is 0. The molecule has 0 amide bonds. The molecular weight excluding hydrogens is 144 g/mol. The van der Waals surface area contributed by atoms with E-state index in [0.717, 1.165) is 0 Å². The van der Waals surface area contributed by atoms with Gasteiger partial charge in [0.15, 0.2) is 0 Å². The minimum absolute atomic E-state index is 0. The van der Waals surface area contributed by atoms with Crippen LogP contribution in [0.15, 0.2) is 0 Å². The van der Waals surface area contributed by atoms with Gasteiger partial charge in [-0.1, -0.05) is 0 Å². The molecule has 4 heteroatoms. The third-order valence-corrected chi connectivity index (χ3v) is 0.287. The van der Waals surface area contributed by atoms with Crippen molar-refractivity contribution in [1.29, 1.82) is 0 Å². The summed E-state index contributed by atoms with van der Waals surface area (Å²) in [5.74, 6) is -1.12. The maximum Gasteiger partial charge on any atom is 0.310 e. The summed E-state index contributed by atoms with van der Waals surface area (Å²) in [6.07, 6.45) is 0. The van der Waals surface area contributed by atoms with Gasteiger partial charge in [0.25, 0.3) is 0 Å². The van der Waals surface area contributed by atoms with Gasteiger partial charge in [0.1, 0.15) is 0 Å². The third-order valence-electron chi connectivity index (χ3n) is 0.287. The molecule has 0 aliphatic rings. The summed E-state index contributed by atoms with van der Waals surface area (Å²) in [4.78, 5) is 19.6. The van der Waals surface area contributed by atoms with E-state index >= 15 is 0 Å². The fraction of sp³-hybridized carbons (Fsp3) is 0.500. The SMILES string of the molecule is CC(=O)OC(C)=O.[Ti]. The Balaban J connectivity index is 0. The van der Waals surface area contributed by atoms with Gasteiger partial charge in [0, 0.05) is 35.6 Å². The van der Waals surface area contributed by atoms with E-state index in [0.29, 0.717) is 0 Å². The van der Waals surface area contributed by atoms with Crippen LogP contribution in [0.25, 0.3) is 0 Å². The second kappa shape index (κ2) is 5.00. The molecule has 0 aliphatic heterocycles. The first-order valence-electron chi connectivity index (χ1n) is 1.82. The molecule has 0 spiro atoms. The molecule has 0 aromatic rings. The first-order chi connectivity index (χ1) is 3.13. The molecule has 0 saturated heterocycles. The number of hydrogen-bond donors (Lipinski definition) is 0. The standard InChI is InChI=1S/C4H6O3.Ti/c1-3(5)7-4(2)6;/h1-2H3;. The number of hydrogen-bond acceptors (Lipinski definition) is 3. The van der Waals surface area contributed by atoms with E-state index in [-0.39, 0.29) is 21.7 Å². The quantitative estimate of drug-likeness (QED) is 0.279. The molecular formula is C4H6O3Ti. The van der Waals surface area contributed by atoms with Crippen LogP contribution in [0.3, 0.4) is 0 Å². The van der Waals surface area contributed by atoms with E-state index in [4.69, 9.17) is 0 Å². The first-order valence-corrected chi connectivity index (χ1v) is 1.82. The molecule has 0 atom stereocenters. The summed E-state index contributed by atoms with van der Waals surface area (Å²) in [7, 11) is 0. The van der Waals surface area contributed by atoms with Crippen molar-refractivity contribution in [2.75, 3.05) is 0 Å². The molecule has 0 N–H and O–H groups in total. The van der Waals surface area contributed by atoms with Crippen LogP contribution in [-0.2, 0) is 36.0 Å². The zero-order valence-electron chi connectivity index (χ0n) is 4.72. The Bertz CT molecular complexity index is 87.5.